The molecule has 3 aliphatic rings. The molecule has 1 spiro atoms. The summed E-state index contributed by atoms with van der Waals surface area (Å²) in [7, 11) is 0. The second-order valence-corrected chi connectivity index (χ2v) is 18.6. The molecular formula is C55H40N2OS. The van der Waals surface area contributed by atoms with Gasteiger partial charge in [-0.3, -0.25) is 0 Å². The Labute approximate surface area is 347 Å². The van der Waals surface area contributed by atoms with Gasteiger partial charge in [-0.15, -0.1) is 11.3 Å². The summed E-state index contributed by atoms with van der Waals surface area (Å²) in [6, 6.07) is 53.9. The van der Waals surface area contributed by atoms with Crippen LogP contribution in [-0.2, 0) is 10.8 Å². The Bertz CT molecular complexity index is 3400. The van der Waals surface area contributed by atoms with Gasteiger partial charge in [0.1, 0.15) is 5.58 Å². The van der Waals surface area contributed by atoms with Crippen LogP contribution in [0.4, 0.5) is 0 Å². The van der Waals surface area contributed by atoms with E-state index in [1.54, 1.807) is 5.56 Å². The first kappa shape index (κ1) is 33.6. The summed E-state index contributed by atoms with van der Waals surface area (Å²) in [6.45, 7) is 4.81. The van der Waals surface area contributed by atoms with Gasteiger partial charge in [-0.2, -0.15) is 4.98 Å². The third kappa shape index (κ3) is 4.64. The van der Waals surface area contributed by atoms with E-state index in [1.165, 1.54) is 102 Å². The summed E-state index contributed by atoms with van der Waals surface area (Å²) >= 11 is 1.82. The number of thiophene rings is 1. The third-order valence-corrected chi connectivity index (χ3v) is 15.3. The van der Waals surface area contributed by atoms with Crippen molar-refractivity contribution in [2.75, 3.05) is 0 Å². The van der Waals surface area contributed by atoms with Crippen molar-refractivity contribution in [2.45, 2.75) is 56.8 Å². The first-order chi connectivity index (χ1) is 29.0. The van der Waals surface area contributed by atoms with E-state index in [1.807, 2.05) is 35.6 Å². The van der Waals surface area contributed by atoms with Crippen molar-refractivity contribution < 1.29 is 4.42 Å². The fraction of sp³-hybridized carbons (Fsp3) is 0.164. The van der Waals surface area contributed by atoms with E-state index < -0.39 is 0 Å². The van der Waals surface area contributed by atoms with Gasteiger partial charge in [0.25, 0.3) is 0 Å². The van der Waals surface area contributed by atoms with Gasteiger partial charge in [-0.05, 0) is 111 Å². The molecule has 3 heterocycles. The first-order valence-electron chi connectivity index (χ1n) is 21.1. The average molecular weight is 777 g/mol. The van der Waals surface area contributed by atoms with Crippen molar-refractivity contribution in [3.05, 3.63) is 168 Å². The molecule has 10 aromatic rings. The van der Waals surface area contributed by atoms with Gasteiger partial charge in [0.2, 0.25) is 5.71 Å². The highest BCUT2D eigenvalue weighted by molar-refractivity contribution is 7.26. The number of rotatable bonds is 3. The van der Waals surface area contributed by atoms with E-state index >= 15 is 0 Å². The molecule has 1 fully saturated rings. The predicted octanol–water partition coefficient (Wildman–Crippen LogP) is 15.3. The van der Waals surface area contributed by atoms with Crippen LogP contribution >= 0.6 is 11.3 Å². The van der Waals surface area contributed by atoms with Crippen molar-refractivity contribution in [2.24, 2.45) is 0 Å². The zero-order valence-corrected chi connectivity index (χ0v) is 33.9. The molecule has 4 heteroatoms. The van der Waals surface area contributed by atoms with Gasteiger partial charge in [-0.1, -0.05) is 136 Å². The minimum atomic E-state index is -0.0154. The Morgan fingerprint density at radius 3 is 2.10 bits per heavy atom. The maximum atomic E-state index is 6.40. The number of para-hydroxylation sites is 1. The molecule has 7 aromatic carbocycles. The lowest BCUT2D eigenvalue weighted by Gasteiger charge is -2.36. The van der Waals surface area contributed by atoms with Crippen LogP contribution in [0, 0.1) is 0 Å². The van der Waals surface area contributed by atoms with E-state index in [-0.39, 0.29) is 10.8 Å². The summed E-state index contributed by atoms with van der Waals surface area (Å²) in [5.74, 6) is 0.682. The lowest BCUT2D eigenvalue weighted by Crippen LogP contribution is -2.28. The van der Waals surface area contributed by atoms with E-state index in [0.717, 1.165) is 33.2 Å². The normalized spacial score (nSPS) is 15.9. The Hall–Kier alpha value is -6.36. The second kappa shape index (κ2) is 12.1. The van der Waals surface area contributed by atoms with E-state index in [2.05, 4.69) is 135 Å². The van der Waals surface area contributed by atoms with Crippen molar-refractivity contribution >= 4 is 53.6 Å². The molecule has 1 saturated carbocycles. The number of hydrogen-bond acceptors (Lipinski definition) is 4. The number of fused-ring (bicyclic) bond motifs is 14. The number of benzene rings is 7. The molecule has 13 rings (SSSR count). The first-order valence-corrected chi connectivity index (χ1v) is 21.9. The van der Waals surface area contributed by atoms with E-state index in [9.17, 15) is 0 Å². The zero-order valence-electron chi connectivity index (χ0n) is 33.1. The van der Waals surface area contributed by atoms with Crippen LogP contribution in [-0.4, -0.2) is 9.97 Å². The van der Waals surface area contributed by atoms with Crippen LogP contribution in [0.2, 0.25) is 0 Å². The van der Waals surface area contributed by atoms with Gasteiger partial charge in [-0.25, -0.2) is 4.98 Å². The molecule has 282 valence electrons. The lowest BCUT2D eigenvalue weighted by atomic mass is 9.67. The number of aromatic nitrogens is 2. The maximum Gasteiger partial charge on any atom is 0.231 e. The largest absolute Gasteiger partial charge is 0.438 e. The van der Waals surface area contributed by atoms with Crippen LogP contribution in [0.15, 0.2) is 150 Å². The molecule has 0 saturated heterocycles. The Morgan fingerprint density at radius 2 is 1.20 bits per heavy atom. The van der Waals surface area contributed by atoms with E-state index in [0.29, 0.717) is 11.5 Å². The highest BCUT2D eigenvalue weighted by atomic mass is 32.1. The van der Waals surface area contributed by atoms with Gasteiger partial charge >= 0.3 is 0 Å². The molecule has 0 aliphatic heterocycles. The second-order valence-electron chi connectivity index (χ2n) is 17.6. The third-order valence-electron chi connectivity index (χ3n) is 14.1. The molecule has 0 bridgehead atoms. The Kier molecular flexibility index (Phi) is 6.89. The van der Waals surface area contributed by atoms with Gasteiger partial charge in [0, 0.05) is 47.5 Å². The number of nitrogens with zero attached hydrogens (tertiary/aromatic N) is 2. The van der Waals surface area contributed by atoms with Crippen molar-refractivity contribution in [1.82, 2.24) is 9.97 Å². The summed E-state index contributed by atoms with van der Waals surface area (Å²) in [4.78, 5) is 10.4. The molecule has 0 radical (unpaired) electrons. The fourth-order valence-corrected chi connectivity index (χ4v) is 12.5. The molecule has 3 nitrogen and oxygen atoms in total. The smallest absolute Gasteiger partial charge is 0.231 e. The summed E-state index contributed by atoms with van der Waals surface area (Å²) in [5.41, 5.74) is 18.7. The SMILES string of the molecule is CC1(C)c2ccccc2-c2cc3c(cc21)-c1ccc(-c2ccc4sc5c(-c6nc(-c7ccccc7)c7c(n6)oc6ccccc67)cccc5c4c2)cc1C31CCCCC1. The molecule has 0 N–H and O–H groups in total. The van der Waals surface area contributed by atoms with Crippen molar-refractivity contribution in [1.29, 1.82) is 0 Å². The minimum Gasteiger partial charge on any atom is -0.438 e. The summed E-state index contributed by atoms with van der Waals surface area (Å²) < 4.78 is 8.86. The summed E-state index contributed by atoms with van der Waals surface area (Å²) in [5, 5.41) is 4.48. The van der Waals surface area contributed by atoms with Crippen LogP contribution in [0.25, 0.3) is 98.3 Å². The number of furan rings is 1. The number of hydrogen-bond donors (Lipinski definition) is 0. The van der Waals surface area contributed by atoms with Crippen LogP contribution < -0.4 is 0 Å². The molecule has 59 heavy (non-hydrogen) atoms. The molecule has 0 atom stereocenters. The van der Waals surface area contributed by atoms with Gasteiger partial charge in [0.05, 0.1) is 11.1 Å². The quantitative estimate of drug-likeness (QED) is 0.179. The molecular weight excluding hydrogens is 737 g/mol. The molecule has 3 aromatic heterocycles. The van der Waals surface area contributed by atoms with Crippen molar-refractivity contribution in [3.8, 4) is 56.0 Å². The van der Waals surface area contributed by atoms with Gasteiger partial charge < -0.3 is 4.42 Å². The highest BCUT2D eigenvalue weighted by Crippen LogP contribution is 2.60. The topological polar surface area (TPSA) is 38.9 Å². The predicted molar refractivity (Wildman–Crippen MR) is 245 cm³/mol. The van der Waals surface area contributed by atoms with Crippen molar-refractivity contribution in [3.63, 3.8) is 0 Å². The molecule has 0 unspecified atom stereocenters. The maximum absolute atomic E-state index is 6.40. The van der Waals surface area contributed by atoms with Crippen LogP contribution in [0.3, 0.4) is 0 Å². The minimum absolute atomic E-state index is 0.0154. The van der Waals surface area contributed by atoms with Crippen LogP contribution in [0.5, 0.6) is 0 Å². The highest BCUT2D eigenvalue weighted by Gasteiger charge is 2.46. The lowest BCUT2D eigenvalue weighted by molar-refractivity contribution is 0.353. The van der Waals surface area contributed by atoms with Crippen LogP contribution in [0.1, 0.15) is 68.2 Å². The van der Waals surface area contributed by atoms with E-state index in [4.69, 9.17) is 14.4 Å². The Balaban J connectivity index is 0.948. The average Bonchev–Trinajstić information content (AvgIpc) is 3.99. The molecule has 0 amide bonds. The Morgan fingerprint density at radius 1 is 0.508 bits per heavy atom. The zero-order chi connectivity index (χ0) is 39.0. The van der Waals surface area contributed by atoms with Gasteiger partial charge in [0.15, 0.2) is 5.82 Å². The fourth-order valence-electron chi connectivity index (χ4n) is 11.3. The summed E-state index contributed by atoms with van der Waals surface area (Å²) in [6.07, 6.45) is 6.30. The monoisotopic (exact) mass is 776 g/mol. The molecule has 3 aliphatic carbocycles. The standard InChI is InChI=1S/C55H40N2OS/c1-54(2)43-20-9-7-16-35(43)40-31-46-41(30-44(40)54)36-24-22-34(29-45(36)55(46)26-11-4-12-27-55)33-23-25-48-42(28-33)37-18-13-19-39(51(37)59-48)52-56-50(32-14-5-3-6-15-32)49-38-17-8-10-21-47(38)58-53(49)57-52/h3,5-10,13-25,28-31H,4,11-12,26-27H2,1-2H3.